The Hall–Kier alpha value is -0.570. The van der Waals surface area contributed by atoms with Gasteiger partial charge in [-0.1, -0.05) is 13.8 Å². The number of rotatable bonds is 2. The number of hydrogen-bond acceptors (Lipinski definition) is 2. The lowest BCUT2D eigenvalue weighted by molar-refractivity contribution is -0.140. The Morgan fingerprint density at radius 2 is 1.67 bits per heavy atom. The molecule has 1 saturated heterocycles. The fourth-order valence-electron chi connectivity index (χ4n) is 6.06. The Labute approximate surface area is 128 Å². The Bertz CT molecular complexity index is 403. The summed E-state index contributed by atoms with van der Waals surface area (Å²) in [6.45, 7) is 6.61. The van der Waals surface area contributed by atoms with Crippen LogP contribution in [-0.2, 0) is 4.79 Å². The number of hydrogen-bond donors (Lipinski definition) is 2. The van der Waals surface area contributed by atoms with Crippen LogP contribution < -0.4 is 10.6 Å². The summed E-state index contributed by atoms with van der Waals surface area (Å²) >= 11 is 0. The third-order valence-corrected chi connectivity index (χ3v) is 6.98. The molecule has 3 nitrogen and oxygen atoms in total. The summed E-state index contributed by atoms with van der Waals surface area (Å²) in [7, 11) is 0. The lowest BCUT2D eigenvalue weighted by Gasteiger charge is -2.54. The zero-order chi connectivity index (χ0) is 14.6. The molecule has 1 atom stereocenters. The first-order valence-electron chi connectivity index (χ1n) is 9.04. The Kier molecular flexibility index (Phi) is 3.33. The summed E-state index contributed by atoms with van der Waals surface area (Å²) in [5.74, 6) is 4.03. The van der Waals surface area contributed by atoms with E-state index in [1.807, 2.05) is 0 Å². The van der Waals surface area contributed by atoms with Crippen molar-refractivity contribution in [3.8, 4) is 0 Å². The van der Waals surface area contributed by atoms with Gasteiger partial charge in [0.05, 0.1) is 0 Å². The highest BCUT2D eigenvalue weighted by atomic mass is 16.2. The topological polar surface area (TPSA) is 41.1 Å². The molecular weight excluding hydrogens is 260 g/mol. The van der Waals surface area contributed by atoms with Gasteiger partial charge in [0.15, 0.2) is 0 Å². The van der Waals surface area contributed by atoms with Crippen LogP contribution in [0.15, 0.2) is 0 Å². The van der Waals surface area contributed by atoms with Gasteiger partial charge < -0.3 is 10.6 Å². The molecule has 2 N–H and O–H groups in total. The van der Waals surface area contributed by atoms with Crippen molar-refractivity contribution >= 4 is 5.91 Å². The number of carbonyl (C=O) groups excluding carboxylic acids is 1. The van der Waals surface area contributed by atoms with Crippen LogP contribution in [0.4, 0.5) is 0 Å². The molecule has 0 aromatic carbocycles. The normalized spacial score (nSPS) is 47.3. The van der Waals surface area contributed by atoms with E-state index < -0.39 is 0 Å². The van der Waals surface area contributed by atoms with Crippen molar-refractivity contribution in [1.29, 1.82) is 0 Å². The van der Waals surface area contributed by atoms with E-state index in [0.29, 0.717) is 29.7 Å². The highest BCUT2D eigenvalue weighted by Gasteiger charge is 2.51. The molecule has 1 unspecified atom stereocenters. The Balaban J connectivity index is 1.45. The van der Waals surface area contributed by atoms with Gasteiger partial charge in [-0.3, -0.25) is 4.79 Å². The molecule has 4 bridgehead atoms. The molecule has 0 aromatic heterocycles. The molecule has 118 valence electrons. The molecular formula is C18H30N2O. The Morgan fingerprint density at radius 1 is 1.05 bits per heavy atom. The Morgan fingerprint density at radius 3 is 2.24 bits per heavy atom. The predicted molar refractivity (Wildman–Crippen MR) is 83.7 cm³/mol. The lowest BCUT2D eigenvalue weighted by atomic mass is 9.51. The van der Waals surface area contributed by atoms with E-state index >= 15 is 0 Å². The van der Waals surface area contributed by atoms with Crippen molar-refractivity contribution in [2.24, 2.45) is 35.0 Å². The largest absolute Gasteiger partial charge is 0.352 e. The highest BCUT2D eigenvalue weighted by molar-refractivity contribution is 5.80. The van der Waals surface area contributed by atoms with Crippen LogP contribution in [-0.4, -0.2) is 25.0 Å². The number of nitrogens with one attached hydrogen (secondary N) is 2. The summed E-state index contributed by atoms with van der Waals surface area (Å²) in [4.78, 5) is 13.0. The lowest BCUT2D eigenvalue weighted by Crippen LogP contribution is -2.58. The van der Waals surface area contributed by atoms with E-state index in [9.17, 15) is 4.79 Å². The zero-order valence-corrected chi connectivity index (χ0v) is 13.5. The minimum absolute atomic E-state index is 0.180. The molecule has 3 heteroatoms. The van der Waals surface area contributed by atoms with E-state index in [0.717, 1.165) is 31.3 Å². The maximum atomic E-state index is 13.0. The van der Waals surface area contributed by atoms with Crippen molar-refractivity contribution in [3.05, 3.63) is 0 Å². The summed E-state index contributed by atoms with van der Waals surface area (Å²) in [6, 6.07) is 0.350. The summed E-state index contributed by atoms with van der Waals surface area (Å²) in [5, 5.41) is 6.92. The van der Waals surface area contributed by atoms with Gasteiger partial charge in [-0.05, 0) is 74.2 Å². The zero-order valence-electron chi connectivity index (χ0n) is 13.5. The molecule has 21 heavy (non-hydrogen) atoms. The van der Waals surface area contributed by atoms with E-state index in [1.165, 1.54) is 32.1 Å². The predicted octanol–water partition coefficient (Wildman–Crippen LogP) is 2.56. The van der Waals surface area contributed by atoms with E-state index in [2.05, 4.69) is 24.5 Å². The van der Waals surface area contributed by atoms with E-state index in [1.54, 1.807) is 0 Å². The third kappa shape index (κ3) is 2.42. The summed E-state index contributed by atoms with van der Waals surface area (Å²) < 4.78 is 0. The third-order valence-electron chi connectivity index (χ3n) is 6.98. The smallest absolute Gasteiger partial charge is 0.223 e. The van der Waals surface area contributed by atoms with Crippen LogP contribution in [0.3, 0.4) is 0 Å². The molecule has 4 aliphatic carbocycles. The SMILES string of the molecule is CC1(C)CNCCC1NC(=O)C1C2CC3CC(C2)CC1C3. The van der Waals surface area contributed by atoms with Crippen molar-refractivity contribution in [2.45, 2.75) is 58.4 Å². The average Bonchev–Trinajstić information content (AvgIpc) is 2.40. The van der Waals surface area contributed by atoms with E-state index in [4.69, 9.17) is 0 Å². The van der Waals surface area contributed by atoms with Crippen LogP contribution in [0.1, 0.15) is 52.4 Å². The van der Waals surface area contributed by atoms with Gasteiger partial charge in [0, 0.05) is 18.5 Å². The quantitative estimate of drug-likeness (QED) is 0.820. The fraction of sp³-hybridized carbons (Fsp3) is 0.944. The van der Waals surface area contributed by atoms with E-state index in [-0.39, 0.29) is 5.41 Å². The summed E-state index contributed by atoms with van der Waals surface area (Å²) in [5.41, 5.74) is 0.180. The molecule has 5 rings (SSSR count). The van der Waals surface area contributed by atoms with Gasteiger partial charge in [0.2, 0.25) is 5.91 Å². The maximum absolute atomic E-state index is 13.0. The first-order valence-corrected chi connectivity index (χ1v) is 9.04. The van der Waals surface area contributed by atoms with Crippen molar-refractivity contribution in [2.75, 3.05) is 13.1 Å². The van der Waals surface area contributed by atoms with Gasteiger partial charge in [-0.25, -0.2) is 0 Å². The second-order valence-electron chi connectivity index (χ2n) is 8.97. The monoisotopic (exact) mass is 290 g/mol. The molecule has 1 heterocycles. The standard InChI is InChI=1S/C18H30N2O/c1-18(2)10-19-4-3-15(18)20-17(21)16-13-6-11-5-12(8-13)9-14(16)7-11/h11-16,19H,3-10H2,1-2H3,(H,20,21). The minimum atomic E-state index is 0.180. The van der Waals surface area contributed by atoms with Gasteiger partial charge in [0.25, 0.3) is 0 Å². The number of amides is 1. The van der Waals surface area contributed by atoms with Crippen LogP contribution in [0, 0.1) is 35.0 Å². The van der Waals surface area contributed by atoms with Crippen LogP contribution in [0.2, 0.25) is 0 Å². The van der Waals surface area contributed by atoms with Gasteiger partial charge >= 0.3 is 0 Å². The molecule has 1 aliphatic heterocycles. The first kappa shape index (κ1) is 14.0. The first-order chi connectivity index (χ1) is 10.0. The number of carbonyl (C=O) groups is 1. The van der Waals surface area contributed by atoms with Crippen LogP contribution in [0.5, 0.6) is 0 Å². The van der Waals surface area contributed by atoms with Crippen LogP contribution >= 0.6 is 0 Å². The molecule has 0 radical (unpaired) electrons. The van der Waals surface area contributed by atoms with Crippen molar-refractivity contribution in [3.63, 3.8) is 0 Å². The second kappa shape index (κ2) is 4.97. The molecule has 5 fully saturated rings. The fourth-order valence-corrected chi connectivity index (χ4v) is 6.06. The van der Waals surface area contributed by atoms with Crippen molar-refractivity contribution in [1.82, 2.24) is 10.6 Å². The summed E-state index contributed by atoms with van der Waals surface area (Å²) in [6.07, 6.45) is 7.87. The average molecular weight is 290 g/mol. The minimum Gasteiger partial charge on any atom is -0.352 e. The molecule has 0 spiro atoms. The molecule has 4 saturated carbocycles. The maximum Gasteiger partial charge on any atom is 0.223 e. The van der Waals surface area contributed by atoms with Gasteiger partial charge in [-0.15, -0.1) is 0 Å². The molecule has 5 aliphatic rings. The van der Waals surface area contributed by atoms with Gasteiger partial charge in [0.1, 0.15) is 0 Å². The van der Waals surface area contributed by atoms with Crippen LogP contribution in [0.25, 0.3) is 0 Å². The molecule has 1 amide bonds. The second-order valence-corrected chi connectivity index (χ2v) is 8.97. The molecule has 0 aromatic rings. The number of piperidine rings is 1. The highest BCUT2D eigenvalue weighted by Crippen LogP contribution is 2.56. The van der Waals surface area contributed by atoms with Crippen molar-refractivity contribution < 1.29 is 4.79 Å². The van der Waals surface area contributed by atoms with Gasteiger partial charge in [-0.2, -0.15) is 0 Å².